The first kappa shape index (κ1) is 29.8. The van der Waals surface area contributed by atoms with Crippen LogP contribution in [0.15, 0.2) is 65.6 Å². The number of hydrogen-bond donors (Lipinski definition) is 4. The van der Waals surface area contributed by atoms with E-state index >= 15 is 0 Å². The summed E-state index contributed by atoms with van der Waals surface area (Å²) in [7, 11) is 0. The Morgan fingerprint density at radius 2 is 1.79 bits per heavy atom. The number of allylic oxidation sites excluding steroid dienone is 1. The van der Waals surface area contributed by atoms with Gasteiger partial charge < -0.3 is 30.4 Å². The lowest BCUT2D eigenvalue weighted by atomic mass is 10.1. The zero-order valence-electron chi connectivity index (χ0n) is 21.5. The van der Waals surface area contributed by atoms with Gasteiger partial charge in [0, 0.05) is 18.8 Å². The fourth-order valence-corrected chi connectivity index (χ4v) is 3.31. The number of amides is 3. The second-order valence-corrected chi connectivity index (χ2v) is 8.95. The summed E-state index contributed by atoms with van der Waals surface area (Å²) in [5.41, 5.74) is 0.0974. The molecule has 4 N–H and O–H groups in total. The minimum atomic E-state index is -1.14. The SMILES string of the molecule is CC(C)CCNC(=O)Cn1cccc(NC(=O)C(CC/C=C/C(=O)O)NC(=O)OCc2ccccc2)c1=O. The number of ether oxygens (including phenoxy) is 1. The third-order valence-electron chi connectivity index (χ3n) is 5.34. The molecule has 0 aliphatic carbocycles. The number of carbonyl (C=O) groups is 4. The molecule has 0 bridgehead atoms. The highest BCUT2D eigenvalue weighted by Crippen LogP contribution is 2.07. The molecule has 38 heavy (non-hydrogen) atoms. The van der Waals surface area contributed by atoms with Gasteiger partial charge in [-0.1, -0.05) is 50.3 Å². The lowest BCUT2D eigenvalue weighted by molar-refractivity contribution is -0.131. The Morgan fingerprint density at radius 1 is 1.05 bits per heavy atom. The molecule has 0 radical (unpaired) electrons. The molecule has 11 heteroatoms. The van der Waals surface area contributed by atoms with E-state index in [2.05, 4.69) is 16.0 Å². The maximum Gasteiger partial charge on any atom is 0.408 e. The number of nitrogens with one attached hydrogen (secondary N) is 3. The quantitative estimate of drug-likeness (QED) is 0.276. The number of anilines is 1. The maximum absolute atomic E-state index is 13.0. The molecule has 0 aliphatic rings. The molecule has 2 rings (SSSR count). The molecule has 1 aromatic carbocycles. The average Bonchev–Trinajstić information content (AvgIpc) is 2.87. The van der Waals surface area contributed by atoms with Crippen molar-refractivity contribution >= 4 is 29.6 Å². The molecular formula is C27H34N4O7. The summed E-state index contributed by atoms with van der Waals surface area (Å²) in [6, 6.07) is 10.8. The summed E-state index contributed by atoms with van der Waals surface area (Å²) in [5.74, 6) is -1.74. The van der Waals surface area contributed by atoms with Crippen LogP contribution in [0.4, 0.5) is 10.5 Å². The summed E-state index contributed by atoms with van der Waals surface area (Å²) >= 11 is 0. The van der Waals surface area contributed by atoms with Crippen LogP contribution < -0.4 is 21.5 Å². The van der Waals surface area contributed by atoms with Crippen molar-refractivity contribution in [3.63, 3.8) is 0 Å². The molecule has 0 spiro atoms. The fourth-order valence-electron chi connectivity index (χ4n) is 3.31. The van der Waals surface area contributed by atoms with E-state index in [9.17, 15) is 24.0 Å². The van der Waals surface area contributed by atoms with Crippen LogP contribution in [0.2, 0.25) is 0 Å². The summed E-state index contributed by atoms with van der Waals surface area (Å²) < 4.78 is 6.36. The van der Waals surface area contributed by atoms with Crippen LogP contribution in [-0.4, -0.2) is 46.1 Å². The number of alkyl carbamates (subject to hydrolysis) is 1. The number of carboxylic acid groups (broad SMARTS) is 1. The number of nitrogens with zero attached hydrogens (tertiary/aromatic N) is 1. The van der Waals surface area contributed by atoms with Crippen LogP contribution in [0.5, 0.6) is 0 Å². The van der Waals surface area contributed by atoms with Gasteiger partial charge in [-0.15, -0.1) is 0 Å². The van der Waals surface area contributed by atoms with Crippen molar-refractivity contribution in [3.05, 3.63) is 76.7 Å². The van der Waals surface area contributed by atoms with E-state index < -0.39 is 29.6 Å². The van der Waals surface area contributed by atoms with E-state index in [4.69, 9.17) is 9.84 Å². The second-order valence-electron chi connectivity index (χ2n) is 8.95. The Balaban J connectivity index is 2.06. The Bertz CT molecular complexity index is 1180. The van der Waals surface area contributed by atoms with Crippen LogP contribution in [0.3, 0.4) is 0 Å². The molecule has 1 unspecified atom stereocenters. The van der Waals surface area contributed by atoms with Crippen molar-refractivity contribution in [1.82, 2.24) is 15.2 Å². The molecule has 1 heterocycles. The predicted octanol–water partition coefficient (Wildman–Crippen LogP) is 2.67. The molecule has 1 atom stereocenters. The standard InChI is InChI=1S/C27H34N4O7/c1-19(2)14-15-28-23(32)17-31-16-8-12-22(26(31)36)29-25(35)21(11-6-7-13-24(33)34)30-27(37)38-18-20-9-4-3-5-10-20/h3-5,7-10,12-13,16,19,21H,6,11,14-15,17-18H2,1-2H3,(H,28,32)(H,29,35)(H,30,37)(H,33,34)/b13-7+. The van der Waals surface area contributed by atoms with Crippen molar-refractivity contribution < 1.29 is 29.0 Å². The van der Waals surface area contributed by atoms with Crippen molar-refractivity contribution in [3.8, 4) is 0 Å². The van der Waals surface area contributed by atoms with Gasteiger partial charge in [-0.2, -0.15) is 0 Å². The molecule has 3 amide bonds. The Hall–Kier alpha value is -4.41. The van der Waals surface area contributed by atoms with Gasteiger partial charge >= 0.3 is 12.1 Å². The highest BCUT2D eigenvalue weighted by Gasteiger charge is 2.22. The third-order valence-corrected chi connectivity index (χ3v) is 5.34. The highest BCUT2D eigenvalue weighted by atomic mass is 16.5. The first-order valence-electron chi connectivity index (χ1n) is 12.3. The van der Waals surface area contributed by atoms with Gasteiger partial charge in [0.1, 0.15) is 24.9 Å². The van der Waals surface area contributed by atoms with E-state index in [1.807, 2.05) is 19.9 Å². The van der Waals surface area contributed by atoms with Crippen molar-refractivity contribution in [2.24, 2.45) is 5.92 Å². The number of benzene rings is 1. The minimum Gasteiger partial charge on any atom is -0.478 e. The number of carbonyl (C=O) groups excluding carboxylic acids is 3. The molecule has 0 aliphatic heterocycles. The van der Waals surface area contributed by atoms with E-state index in [1.165, 1.54) is 29.0 Å². The van der Waals surface area contributed by atoms with Crippen LogP contribution in [0, 0.1) is 5.92 Å². The zero-order valence-corrected chi connectivity index (χ0v) is 21.5. The number of carboxylic acids is 1. The normalized spacial score (nSPS) is 11.7. The molecule has 204 valence electrons. The van der Waals surface area contributed by atoms with Gasteiger partial charge in [-0.25, -0.2) is 9.59 Å². The van der Waals surface area contributed by atoms with Gasteiger partial charge in [0.2, 0.25) is 11.8 Å². The predicted molar refractivity (Wildman–Crippen MR) is 141 cm³/mol. The molecule has 0 fully saturated rings. The zero-order chi connectivity index (χ0) is 27.9. The second kappa shape index (κ2) is 15.6. The average molecular weight is 527 g/mol. The van der Waals surface area contributed by atoms with E-state index in [0.29, 0.717) is 12.5 Å². The number of aliphatic carboxylic acids is 1. The summed E-state index contributed by atoms with van der Waals surface area (Å²) in [6.07, 6.45) is 3.90. The molecule has 0 saturated carbocycles. The lowest BCUT2D eigenvalue weighted by Crippen LogP contribution is -2.44. The van der Waals surface area contributed by atoms with Crippen molar-refractivity contribution in [2.45, 2.75) is 52.3 Å². The number of pyridine rings is 1. The van der Waals surface area contributed by atoms with Crippen molar-refractivity contribution in [1.29, 1.82) is 0 Å². The molecular weight excluding hydrogens is 492 g/mol. The smallest absolute Gasteiger partial charge is 0.408 e. The molecule has 0 saturated heterocycles. The van der Waals surface area contributed by atoms with Gasteiger partial charge in [-0.3, -0.25) is 14.4 Å². The van der Waals surface area contributed by atoms with E-state index in [0.717, 1.165) is 18.1 Å². The number of rotatable bonds is 14. The first-order chi connectivity index (χ1) is 18.2. The first-order valence-corrected chi connectivity index (χ1v) is 12.3. The Labute approximate surface area is 220 Å². The van der Waals surface area contributed by atoms with Crippen LogP contribution in [0.1, 0.15) is 38.7 Å². The summed E-state index contributed by atoms with van der Waals surface area (Å²) in [5, 5.41) is 16.5. The Kier molecular flexibility index (Phi) is 12.3. The van der Waals surface area contributed by atoms with Crippen LogP contribution in [0.25, 0.3) is 0 Å². The van der Waals surface area contributed by atoms with E-state index in [1.54, 1.807) is 24.3 Å². The van der Waals surface area contributed by atoms with E-state index in [-0.39, 0.29) is 37.6 Å². The van der Waals surface area contributed by atoms with Gasteiger partial charge in [-0.05, 0) is 42.9 Å². The molecule has 2 aromatic rings. The Morgan fingerprint density at radius 3 is 2.47 bits per heavy atom. The van der Waals surface area contributed by atoms with Gasteiger partial charge in [0.05, 0.1) is 0 Å². The van der Waals surface area contributed by atoms with Crippen molar-refractivity contribution in [2.75, 3.05) is 11.9 Å². The number of hydrogen-bond acceptors (Lipinski definition) is 6. The number of aromatic nitrogens is 1. The summed E-state index contributed by atoms with van der Waals surface area (Å²) in [4.78, 5) is 61.1. The highest BCUT2D eigenvalue weighted by molar-refractivity contribution is 5.96. The van der Waals surface area contributed by atoms with Crippen LogP contribution >= 0.6 is 0 Å². The fraction of sp³-hybridized carbons (Fsp3) is 0.370. The maximum atomic E-state index is 13.0. The summed E-state index contributed by atoms with van der Waals surface area (Å²) in [6.45, 7) is 4.34. The molecule has 1 aromatic heterocycles. The lowest BCUT2D eigenvalue weighted by Gasteiger charge is -2.18. The monoisotopic (exact) mass is 526 g/mol. The minimum absolute atomic E-state index is 0.0114. The molecule has 11 nitrogen and oxygen atoms in total. The third kappa shape index (κ3) is 11.1. The van der Waals surface area contributed by atoms with Gasteiger partial charge in [0.25, 0.3) is 5.56 Å². The van der Waals surface area contributed by atoms with Crippen LogP contribution in [-0.2, 0) is 32.3 Å². The van der Waals surface area contributed by atoms with Gasteiger partial charge in [0.15, 0.2) is 0 Å². The topological polar surface area (TPSA) is 156 Å². The largest absolute Gasteiger partial charge is 0.478 e.